The number of hydrogen-bond donors (Lipinski definition) is 2. The van der Waals surface area contributed by atoms with E-state index in [1.165, 1.54) is 0 Å². The van der Waals surface area contributed by atoms with Crippen molar-refractivity contribution in [3.05, 3.63) is 28.0 Å². The third kappa shape index (κ3) is 1.92. The van der Waals surface area contributed by atoms with Gasteiger partial charge >= 0.3 is 0 Å². The fourth-order valence-corrected chi connectivity index (χ4v) is 2.70. The molecule has 1 aliphatic rings. The quantitative estimate of drug-likeness (QED) is 0.835. The normalized spacial score (nSPS) is 24.6. The van der Waals surface area contributed by atoms with Crippen LogP contribution in [0.2, 0.25) is 10.0 Å². The minimum Gasteiger partial charge on any atom is -0.342 e. The van der Waals surface area contributed by atoms with Crippen LogP contribution in [0.3, 0.4) is 0 Å². The molecule has 0 saturated carbocycles. The fraction of sp³-hybridized carbons (Fsp3) is 0.417. The van der Waals surface area contributed by atoms with Gasteiger partial charge in [-0.1, -0.05) is 30.1 Å². The average molecular weight is 270 g/mol. The van der Waals surface area contributed by atoms with Gasteiger partial charge in [0.05, 0.1) is 21.1 Å². The molecule has 1 saturated heterocycles. The molecule has 3 rings (SSSR count). The van der Waals surface area contributed by atoms with Crippen LogP contribution in [0.15, 0.2) is 12.1 Å². The maximum atomic E-state index is 5.99. The molecule has 0 aliphatic carbocycles. The molecule has 90 valence electrons. The smallest absolute Gasteiger partial charge is 0.111 e. The van der Waals surface area contributed by atoms with E-state index in [0.717, 1.165) is 29.9 Å². The predicted molar refractivity (Wildman–Crippen MR) is 70.9 cm³/mol. The van der Waals surface area contributed by atoms with Gasteiger partial charge in [0, 0.05) is 12.5 Å². The van der Waals surface area contributed by atoms with Crippen molar-refractivity contribution in [2.24, 2.45) is 5.92 Å². The standard InChI is InChI=1S/C12H13Cl2N3/c1-6-4-15-5-7(6)12-16-10-2-8(13)9(14)3-11(10)17-12/h2-3,6-7,15H,4-5H2,1H3,(H,16,17)/t6-,7-/m1/s1. The highest BCUT2D eigenvalue weighted by Crippen LogP contribution is 2.30. The fourth-order valence-electron chi connectivity index (χ4n) is 2.38. The van der Waals surface area contributed by atoms with Crippen LogP contribution in [0.25, 0.3) is 11.0 Å². The molecule has 1 aromatic heterocycles. The summed E-state index contributed by atoms with van der Waals surface area (Å²) in [6.45, 7) is 4.25. The van der Waals surface area contributed by atoms with Gasteiger partial charge in [0.15, 0.2) is 0 Å². The molecule has 0 radical (unpaired) electrons. The van der Waals surface area contributed by atoms with E-state index in [1.54, 1.807) is 0 Å². The Hall–Kier alpha value is -0.770. The van der Waals surface area contributed by atoms with Gasteiger partial charge in [-0.2, -0.15) is 0 Å². The van der Waals surface area contributed by atoms with Crippen molar-refractivity contribution >= 4 is 34.2 Å². The lowest BCUT2D eigenvalue weighted by atomic mass is 9.98. The van der Waals surface area contributed by atoms with Gasteiger partial charge in [-0.05, 0) is 24.6 Å². The number of aromatic nitrogens is 2. The molecular formula is C12H13Cl2N3. The molecule has 17 heavy (non-hydrogen) atoms. The van der Waals surface area contributed by atoms with E-state index in [1.807, 2.05) is 12.1 Å². The summed E-state index contributed by atoms with van der Waals surface area (Å²) in [5, 5.41) is 4.49. The van der Waals surface area contributed by atoms with Crippen LogP contribution in [0, 0.1) is 5.92 Å². The minimum atomic E-state index is 0.444. The number of rotatable bonds is 1. The van der Waals surface area contributed by atoms with Crippen LogP contribution in [-0.4, -0.2) is 23.1 Å². The number of nitrogens with one attached hydrogen (secondary N) is 2. The number of nitrogens with zero attached hydrogens (tertiary/aromatic N) is 1. The van der Waals surface area contributed by atoms with E-state index in [9.17, 15) is 0 Å². The van der Waals surface area contributed by atoms with Crippen molar-refractivity contribution in [2.75, 3.05) is 13.1 Å². The highest BCUT2D eigenvalue weighted by molar-refractivity contribution is 6.42. The second-order valence-corrected chi connectivity index (χ2v) is 5.46. The lowest BCUT2D eigenvalue weighted by Gasteiger charge is -2.09. The van der Waals surface area contributed by atoms with Gasteiger partial charge in [0.1, 0.15) is 5.82 Å². The number of aromatic amines is 1. The van der Waals surface area contributed by atoms with Crippen molar-refractivity contribution < 1.29 is 0 Å². The monoisotopic (exact) mass is 269 g/mol. The van der Waals surface area contributed by atoms with Crippen molar-refractivity contribution in [3.63, 3.8) is 0 Å². The van der Waals surface area contributed by atoms with Gasteiger partial charge < -0.3 is 10.3 Å². The Morgan fingerprint density at radius 3 is 2.71 bits per heavy atom. The molecule has 1 fully saturated rings. The van der Waals surface area contributed by atoms with Crippen molar-refractivity contribution in [1.29, 1.82) is 0 Å². The predicted octanol–water partition coefficient (Wildman–Crippen LogP) is 3.19. The van der Waals surface area contributed by atoms with Crippen LogP contribution in [-0.2, 0) is 0 Å². The van der Waals surface area contributed by atoms with Crippen LogP contribution in [0.5, 0.6) is 0 Å². The number of benzene rings is 1. The molecule has 1 aromatic carbocycles. The maximum Gasteiger partial charge on any atom is 0.111 e. The summed E-state index contributed by atoms with van der Waals surface area (Å²) in [6.07, 6.45) is 0. The SMILES string of the molecule is C[C@@H]1CNC[C@H]1c1nc2cc(Cl)c(Cl)cc2[nH]1. The molecule has 5 heteroatoms. The summed E-state index contributed by atoms with van der Waals surface area (Å²) in [7, 11) is 0. The molecule has 2 aromatic rings. The van der Waals surface area contributed by atoms with Crippen molar-refractivity contribution in [2.45, 2.75) is 12.8 Å². The Balaban J connectivity index is 2.07. The molecular weight excluding hydrogens is 257 g/mol. The Kier molecular flexibility index (Phi) is 2.77. The second kappa shape index (κ2) is 4.16. The maximum absolute atomic E-state index is 5.99. The highest BCUT2D eigenvalue weighted by atomic mass is 35.5. The van der Waals surface area contributed by atoms with Gasteiger partial charge in [-0.25, -0.2) is 4.98 Å². The molecule has 0 amide bonds. The van der Waals surface area contributed by atoms with E-state index in [4.69, 9.17) is 23.2 Å². The van der Waals surface area contributed by atoms with Gasteiger partial charge in [0.2, 0.25) is 0 Å². The molecule has 2 heterocycles. The minimum absolute atomic E-state index is 0.444. The van der Waals surface area contributed by atoms with E-state index in [2.05, 4.69) is 22.2 Å². The number of hydrogen-bond acceptors (Lipinski definition) is 2. The van der Waals surface area contributed by atoms with Crippen LogP contribution < -0.4 is 5.32 Å². The lowest BCUT2D eigenvalue weighted by Crippen LogP contribution is -2.09. The first-order valence-corrected chi connectivity index (χ1v) is 6.46. The number of halogens is 2. The summed E-state index contributed by atoms with van der Waals surface area (Å²) in [5.41, 5.74) is 1.84. The van der Waals surface area contributed by atoms with E-state index in [0.29, 0.717) is 21.9 Å². The first-order chi connectivity index (χ1) is 8.15. The molecule has 2 atom stereocenters. The van der Waals surface area contributed by atoms with Crippen LogP contribution >= 0.6 is 23.2 Å². The molecule has 1 aliphatic heterocycles. The second-order valence-electron chi connectivity index (χ2n) is 4.65. The number of H-pyrrole nitrogens is 1. The Labute approximate surface area is 110 Å². The summed E-state index contributed by atoms with van der Waals surface area (Å²) >= 11 is 12.0. The number of fused-ring (bicyclic) bond motifs is 1. The molecule has 3 nitrogen and oxygen atoms in total. The molecule has 0 unspecified atom stereocenters. The van der Waals surface area contributed by atoms with Crippen LogP contribution in [0.4, 0.5) is 0 Å². The average Bonchev–Trinajstić information content (AvgIpc) is 2.85. The zero-order valence-electron chi connectivity index (χ0n) is 9.43. The Bertz CT molecular complexity index is 525. The summed E-state index contributed by atoms with van der Waals surface area (Å²) < 4.78 is 0. The van der Waals surface area contributed by atoms with E-state index >= 15 is 0 Å². The summed E-state index contributed by atoms with van der Waals surface area (Å²) in [4.78, 5) is 7.95. The zero-order chi connectivity index (χ0) is 12.0. The first-order valence-electron chi connectivity index (χ1n) is 5.70. The van der Waals surface area contributed by atoms with Gasteiger partial charge in [-0.15, -0.1) is 0 Å². The Morgan fingerprint density at radius 2 is 2.00 bits per heavy atom. The van der Waals surface area contributed by atoms with Crippen molar-refractivity contribution in [1.82, 2.24) is 15.3 Å². The van der Waals surface area contributed by atoms with Crippen LogP contribution in [0.1, 0.15) is 18.7 Å². The number of imidazole rings is 1. The molecule has 0 bridgehead atoms. The Morgan fingerprint density at radius 1 is 1.24 bits per heavy atom. The first kappa shape index (κ1) is 11.3. The van der Waals surface area contributed by atoms with Gasteiger partial charge in [-0.3, -0.25) is 0 Å². The van der Waals surface area contributed by atoms with E-state index in [-0.39, 0.29) is 0 Å². The molecule has 0 spiro atoms. The van der Waals surface area contributed by atoms with Gasteiger partial charge in [0.25, 0.3) is 0 Å². The summed E-state index contributed by atoms with van der Waals surface area (Å²) in [6, 6.07) is 3.65. The van der Waals surface area contributed by atoms with Crippen molar-refractivity contribution in [3.8, 4) is 0 Å². The third-order valence-electron chi connectivity index (χ3n) is 3.41. The molecule has 2 N–H and O–H groups in total. The largest absolute Gasteiger partial charge is 0.342 e. The highest BCUT2D eigenvalue weighted by Gasteiger charge is 2.27. The topological polar surface area (TPSA) is 40.7 Å². The van der Waals surface area contributed by atoms with E-state index < -0.39 is 0 Å². The zero-order valence-corrected chi connectivity index (χ0v) is 10.9. The third-order valence-corrected chi connectivity index (χ3v) is 4.13. The lowest BCUT2D eigenvalue weighted by molar-refractivity contribution is 0.551. The summed E-state index contributed by atoms with van der Waals surface area (Å²) in [5.74, 6) is 2.07.